The van der Waals surface area contributed by atoms with Crippen molar-refractivity contribution >= 4 is 23.6 Å². The largest absolute Gasteiger partial charge is 0.378 e. The summed E-state index contributed by atoms with van der Waals surface area (Å²) < 4.78 is 37.4. The van der Waals surface area contributed by atoms with Crippen molar-refractivity contribution in [1.29, 1.82) is 10.8 Å². The molecule has 3 heterocycles. The Bertz CT molecular complexity index is 1380. The maximum atomic E-state index is 14.9. The average molecular weight is 498 g/mol. The summed E-state index contributed by atoms with van der Waals surface area (Å²) >= 11 is 0. The van der Waals surface area contributed by atoms with Gasteiger partial charge >= 0.3 is 0 Å². The molecule has 3 aromatic rings. The molecular formula is C25H29F2N7O2. The maximum absolute atomic E-state index is 14.9. The highest BCUT2D eigenvalue weighted by atomic mass is 19.1. The summed E-state index contributed by atoms with van der Waals surface area (Å²) in [4.78, 5) is 14.8. The van der Waals surface area contributed by atoms with E-state index >= 15 is 0 Å². The maximum Gasteiger partial charge on any atom is 0.262 e. The summed E-state index contributed by atoms with van der Waals surface area (Å²) in [6.07, 6.45) is 3.94. The van der Waals surface area contributed by atoms with Crippen LogP contribution in [-0.2, 0) is 10.3 Å². The van der Waals surface area contributed by atoms with Crippen molar-refractivity contribution in [3.05, 3.63) is 59.0 Å². The number of rotatable bonds is 5. The van der Waals surface area contributed by atoms with E-state index in [4.69, 9.17) is 15.6 Å². The molecule has 0 aliphatic carbocycles. The number of morpholine rings is 1. The zero-order chi connectivity index (χ0) is 26.2. The van der Waals surface area contributed by atoms with Crippen LogP contribution in [0.15, 0.2) is 30.6 Å². The van der Waals surface area contributed by atoms with Gasteiger partial charge in [0.05, 0.1) is 36.5 Å². The van der Waals surface area contributed by atoms with Crippen LogP contribution >= 0.6 is 0 Å². The zero-order valence-electron chi connectivity index (χ0n) is 20.7. The third-order valence-electron chi connectivity index (χ3n) is 6.04. The molecular weight excluding hydrogens is 468 g/mol. The van der Waals surface area contributed by atoms with E-state index in [0.29, 0.717) is 48.7 Å². The lowest BCUT2D eigenvalue weighted by atomic mass is 10.00. The third kappa shape index (κ3) is 4.92. The lowest BCUT2D eigenvalue weighted by Gasteiger charge is -2.29. The van der Waals surface area contributed by atoms with E-state index in [1.807, 2.05) is 31.7 Å². The summed E-state index contributed by atoms with van der Waals surface area (Å²) in [6, 6.07) is 4.58. The van der Waals surface area contributed by atoms with Crippen LogP contribution in [0.2, 0.25) is 0 Å². The Morgan fingerprint density at radius 2 is 1.86 bits per heavy atom. The number of ether oxygens (including phenoxy) is 1. The van der Waals surface area contributed by atoms with Crippen LogP contribution in [0.4, 0.5) is 20.2 Å². The molecule has 1 amide bonds. The third-order valence-corrected chi connectivity index (χ3v) is 6.04. The monoisotopic (exact) mass is 497 g/mol. The summed E-state index contributed by atoms with van der Waals surface area (Å²) in [5.41, 5.74) is 1.65. The molecule has 1 aliphatic rings. The number of benzene rings is 1. The Labute approximate surface area is 207 Å². The van der Waals surface area contributed by atoms with Gasteiger partial charge < -0.3 is 15.0 Å². The molecule has 11 heteroatoms. The Morgan fingerprint density at radius 3 is 2.47 bits per heavy atom. The summed E-state index contributed by atoms with van der Waals surface area (Å²) in [5, 5.41) is 22.5. The molecule has 4 rings (SSSR count). The van der Waals surface area contributed by atoms with Gasteiger partial charge in [-0.3, -0.25) is 24.9 Å². The minimum Gasteiger partial charge on any atom is -0.378 e. The van der Waals surface area contributed by atoms with Crippen LogP contribution in [-0.4, -0.2) is 52.9 Å². The van der Waals surface area contributed by atoms with Crippen molar-refractivity contribution in [2.24, 2.45) is 0 Å². The Morgan fingerprint density at radius 1 is 1.17 bits per heavy atom. The molecule has 0 radical (unpaired) electrons. The Hall–Kier alpha value is -3.86. The van der Waals surface area contributed by atoms with Crippen molar-refractivity contribution in [3.8, 4) is 11.1 Å². The highest BCUT2D eigenvalue weighted by molar-refractivity contribution is 6.04. The number of aryl methyl sites for hydroxylation is 1. The van der Waals surface area contributed by atoms with E-state index in [1.54, 1.807) is 13.1 Å². The molecule has 0 bridgehead atoms. The average Bonchev–Trinajstić information content (AvgIpc) is 3.24. The number of aromatic nitrogens is 3. The molecule has 1 fully saturated rings. The van der Waals surface area contributed by atoms with Crippen LogP contribution in [0, 0.1) is 29.5 Å². The second-order valence-electron chi connectivity index (χ2n) is 9.65. The number of hydrogen-bond donors (Lipinski definition) is 3. The molecule has 190 valence electrons. The smallest absolute Gasteiger partial charge is 0.262 e. The van der Waals surface area contributed by atoms with E-state index in [0.717, 1.165) is 6.34 Å². The number of amides is 1. The van der Waals surface area contributed by atoms with Gasteiger partial charge in [-0.2, -0.15) is 4.39 Å². The number of carbonyl (C=O) groups excluding carboxylic acids is 1. The second kappa shape index (κ2) is 9.65. The number of carbonyl (C=O) groups is 1. The molecule has 1 saturated heterocycles. The summed E-state index contributed by atoms with van der Waals surface area (Å²) in [6.45, 7) is 9.46. The van der Waals surface area contributed by atoms with Crippen molar-refractivity contribution in [2.45, 2.75) is 33.2 Å². The van der Waals surface area contributed by atoms with Gasteiger partial charge in [0.25, 0.3) is 5.91 Å². The molecule has 1 aromatic carbocycles. The second-order valence-corrected chi connectivity index (χ2v) is 9.65. The van der Waals surface area contributed by atoms with Gasteiger partial charge in [0.2, 0.25) is 5.95 Å². The predicted molar refractivity (Wildman–Crippen MR) is 133 cm³/mol. The normalized spacial score (nSPS) is 14.1. The van der Waals surface area contributed by atoms with E-state index in [2.05, 4.69) is 10.4 Å². The van der Waals surface area contributed by atoms with E-state index < -0.39 is 23.2 Å². The summed E-state index contributed by atoms with van der Waals surface area (Å²) in [5.74, 6) is -2.43. The van der Waals surface area contributed by atoms with E-state index in [9.17, 15) is 13.6 Å². The first-order chi connectivity index (χ1) is 17.0. The van der Waals surface area contributed by atoms with Crippen LogP contribution in [0.3, 0.4) is 0 Å². The van der Waals surface area contributed by atoms with Gasteiger partial charge in [0.15, 0.2) is 5.49 Å². The van der Waals surface area contributed by atoms with Gasteiger partial charge in [-0.25, -0.2) is 4.39 Å². The van der Waals surface area contributed by atoms with Crippen molar-refractivity contribution in [1.82, 2.24) is 14.3 Å². The first-order valence-electron chi connectivity index (χ1n) is 11.5. The van der Waals surface area contributed by atoms with Gasteiger partial charge in [-0.1, -0.05) is 0 Å². The van der Waals surface area contributed by atoms with Crippen LogP contribution in [0.1, 0.15) is 36.7 Å². The Balaban J connectivity index is 1.73. The first kappa shape index (κ1) is 25.2. The fourth-order valence-corrected chi connectivity index (χ4v) is 4.01. The SMILES string of the molecule is Cc1cc(F)c(NC(=O)c2cn(C(C)(C)C)nc2F)cc1-c1cc(N2CCOCC2)c(=N)n(C=N)c1. The highest BCUT2D eigenvalue weighted by Gasteiger charge is 2.23. The number of nitrogens with zero attached hydrogens (tertiary/aromatic N) is 4. The van der Waals surface area contributed by atoms with Crippen molar-refractivity contribution in [2.75, 3.05) is 36.5 Å². The molecule has 0 saturated carbocycles. The molecule has 1 aliphatic heterocycles. The fraction of sp³-hybridized carbons (Fsp3) is 0.360. The van der Waals surface area contributed by atoms with Gasteiger partial charge in [0, 0.05) is 31.0 Å². The fourth-order valence-electron chi connectivity index (χ4n) is 4.01. The quantitative estimate of drug-likeness (QED) is 0.368. The highest BCUT2D eigenvalue weighted by Crippen LogP contribution is 2.31. The standard InChI is InChI=1S/C25H29F2N7O2/c1-15-9-19(26)20(30-24(35)18-13-34(25(2,3)4)31-22(18)27)11-17(15)16-10-21(23(29)33(12-16)14-28)32-5-7-36-8-6-32/h9-14,28-29H,5-8H2,1-4H3,(H,30,35). The molecule has 0 spiro atoms. The first-order valence-corrected chi connectivity index (χ1v) is 11.5. The number of halogens is 2. The lowest BCUT2D eigenvalue weighted by Crippen LogP contribution is -2.40. The van der Waals surface area contributed by atoms with Crippen molar-refractivity contribution < 1.29 is 18.3 Å². The molecule has 0 atom stereocenters. The van der Waals surface area contributed by atoms with E-state index in [1.165, 1.54) is 27.6 Å². The number of hydrogen-bond acceptors (Lipinski definition) is 6. The molecule has 9 nitrogen and oxygen atoms in total. The molecule has 36 heavy (non-hydrogen) atoms. The molecule has 0 unspecified atom stereocenters. The van der Waals surface area contributed by atoms with Crippen LogP contribution in [0.5, 0.6) is 0 Å². The van der Waals surface area contributed by atoms with Crippen LogP contribution in [0.25, 0.3) is 11.1 Å². The van der Waals surface area contributed by atoms with Crippen molar-refractivity contribution in [3.63, 3.8) is 0 Å². The van der Waals surface area contributed by atoms with E-state index in [-0.39, 0.29) is 16.7 Å². The predicted octanol–water partition coefficient (Wildman–Crippen LogP) is 3.72. The minimum absolute atomic E-state index is 0.118. The zero-order valence-corrected chi connectivity index (χ0v) is 20.7. The molecule has 2 aromatic heterocycles. The lowest BCUT2D eigenvalue weighted by molar-refractivity contribution is 0.102. The molecule has 3 N–H and O–H groups in total. The van der Waals surface area contributed by atoms with Gasteiger partial charge in [-0.15, -0.1) is 5.10 Å². The summed E-state index contributed by atoms with van der Waals surface area (Å²) in [7, 11) is 0. The number of anilines is 2. The van der Waals surface area contributed by atoms with Gasteiger partial charge in [-0.05, 0) is 57.0 Å². The van der Waals surface area contributed by atoms with Gasteiger partial charge in [0.1, 0.15) is 11.4 Å². The Kier molecular flexibility index (Phi) is 6.77. The minimum atomic E-state index is -0.941. The number of nitrogens with one attached hydrogen (secondary N) is 3. The van der Waals surface area contributed by atoms with Crippen LogP contribution < -0.4 is 15.7 Å². The topological polar surface area (TPSA) is 112 Å². The number of pyridine rings is 1.